The van der Waals surface area contributed by atoms with Gasteiger partial charge in [-0.25, -0.2) is 9.97 Å². The van der Waals surface area contributed by atoms with Gasteiger partial charge in [0.15, 0.2) is 0 Å². The molecule has 1 aliphatic rings. The maximum atomic E-state index is 12.8. The van der Waals surface area contributed by atoms with Gasteiger partial charge in [-0.3, -0.25) is 4.79 Å². The van der Waals surface area contributed by atoms with E-state index in [1.54, 1.807) is 24.4 Å². The number of carbonyl (C=O) groups excluding carboxylic acids is 1. The van der Waals surface area contributed by atoms with Crippen LogP contribution in [0.2, 0.25) is 10.3 Å². The van der Waals surface area contributed by atoms with Gasteiger partial charge in [0.1, 0.15) is 5.82 Å². The fourth-order valence-corrected chi connectivity index (χ4v) is 4.00. The summed E-state index contributed by atoms with van der Waals surface area (Å²) in [6, 6.07) is 7.06. The average molecular weight is 437 g/mol. The van der Waals surface area contributed by atoms with E-state index in [2.05, 4.69) is 22.2 Å². The second-order valence-corrected chi connectivity index (χ2v) is 8.21. The fraction of sp³-hybridized carbons (Fsp3) is 0.476. The minimum absolute atomic E-state index is 0.163. The first-order valence-electron chi connectivity index (χ1n) is 9.98. The van der Waals surface area contributed by atoms with Gasteiger partial charge in [0.25, 0.3) is 5.91 Å². The highest BCUT2D eigenvalue weighted by molar-refractivity contribution is 6.34. The van der Waals surface area contributed by atoms with Crippen LogP contribution in [0, 0.1) is 0 Å². The Hall–Kier alpha value is -1.89. The number of carbonyl (C=O) groups is 1. The summed E-state index contributed by atoms with van der Waals surface area (Å²) in [5.41, 5.74) is 0.321. The molecule has 0 bridgehead atoms. The number of halogens is 2. The molecule has 0 aliphatic heterocycles. The highest BCUT2D eigenvalue weighted by Crippen LogP contribution is 2.30. The van der Waals surface area contributed by atoms with Crippen molar-refractivity contribution < 1.29 is 9.90 Å². The van der Waals surface area contributed by atoms with Crippen molar-refractivity contribution in [3.8, 4) is 0 Å². The molecule has 3 rings (SSSR count). The molecule has 29 heavy (non-hydrogen) atoms. The second kappa shape index (κ2) is 9.74. The molecule has 156 valence electrons. The van der Waals surface area contributed by atoms with E-state index in [1.807, 2.05) is 11.0 Å². The van der Waals surface area contributed by atoms with Gasteiger partial charge in [-0.05, 0) is 55.1 Å². The second-order valence-electron chi connectivity index (χ2n) is 7.47. The molecule has 0 unspecified atom stereocenters. The highest BCUT2D eigenvalue weighted by Gasteiger charge is 2.30. The largest absolute Gasteiger partial charge is 0.388 e. The molecule has 8 heteroatoms. The molecule has 2 N–H and O–H groups in total. The van der Waals surface area contributed by atoms with E-state index in [0.29, 0.717) is 35.8 Å². The summed E-state index contributed by atoms with van der Waals surface area (Å²) in [4.78, 5) is 23.0. The van der Waals surface area contributed by atoms with Gasteiger partial charge in [-0.1, -0.05) is 37.8 Å². The lowest BCUT2D eigenvalue weighted by Gasteiger charge is -2.32. The molecule has 1 aliphatic carbocycles. The Bertz CT molecular complexity index is 856. The van der Waals surface area contributed by atoms with Crippen molar-refractivity contribution in [3.63, 3.8) is 0 Å². The number of benzene rings is 1. The molecular weight excluding hydrogens is 411 g/mol. The van der Waals surface area contributed by atoms with Crippen LogP contribution in [0.15, 0.2) is 30.5 Å². The quantitative estimate of drug-likeness (QED) is 0.611. The third-order valence-electron chi connectivity index (χ3n) is 5.20. The lowest BCUT2D eigenvalue weighted by molar-refractivity contribution is 0.00526. The van der Waals surface area contributed by atoms with E-state index >= 15 is 0 Å². The maximum absolute atomic E-state index is 12.8. The van der Waals surface area contributed by atoms with E-state index < -0.39 is 5.60 Å². The number of aromatic nitrogens is 2. The lowest BCUT2D eigenvalue weighted by atomic mass is 9.85. The summed E-state index contributed by atoms with van der Waals surface area (Å²) in [6.07, 6.45) is 6.98. The first-order chi connectivity index (χ1) is 13.9. The molecule has 0 atom stereocenters. The van der Waals surface area contributed by atoms with E-state index in [0.717, 1.165) is 31.4 Å². The number of hydrogen-bond acceptors (Lipinski definition) is 5. The average Bonchev–Trinajstić information content (AvgIpc) is 2.71. The van der Waals surface area contributed by atoms with Crippen LogP contribution >= 0.6 is 23.2 Å². The molecule has 0 spiro atoms. The monoisotopic (exact) mass is 436 g/mol. The predicted molar refractivity (Wildman–Crippen MR) is 116 cm³/mol. The number of amides is 1. The molecule has 1 amide bonds. The number of nitrogens with one attached hydrogen (secondary N) is 1. The smallest absolute Gasteiger partial charge is 0.252 e. The van der Waals surface area contributed by atoms with E-state index in [9.17, 15) is 9.90 Å². The maximum Gasteiger partial charge on any atom is 0.252 e. The van der Waals surface area contributed by atoms with Crippen LogP contribution in [0.4, 0.5) is 11.5 Å². The van der Waals surface area contributed by atoms with Crippen LogP contribution < -0.4 is 10.2 Å². The van der Waals surface area contributed by atoms with Crippen molar-refractivity contribution in [2.24, 2.45) is 0 Å². The zero-order chi connectivity index (χ0) is 20.9. The third kappa shape index (κ3) is 5.59. The Morgan fingerprint density at radius 2 is 2.00 bits per heavy atom. The summed E-state index contributed by atoms with van der Waals surface area (Å²) >= 11 is 12.3. The first kappa shape index (κ1) is 21.8. The summed E-state index contributed by atoms with van der Waals surface area (Å²) in [5.74, 6) is 0.352. The van der Waals surface area contributed by atoms with E-state index in [1.165, 1.54) is 0 Å². The van der Waals surface area contributed by atoms with Crippen LogP contribution in [0.25, 0.3) is 0 Å². The Morgan fingerprint density at radius 3 is 2.69 bits per heavy atom. The number of nitrogens with zero attached hydrogens (tertiary/aromatic N) is 3. The van der Waals surface area contributed by atoms with Crippen molar-refractivity contribution in [3.05, 3.63) is 46.3 Å². The normalized spacial score (nSPS) is 15.7. The van der Waals surface area contributed by atoms with Crippen molar-refractivity contribution in [2.75, 3.05) is 18.0 Å². The first-order valence-corrected chi connectivity index (χ1v) is 10.7. The Balaban J connectivity index is 1.81. The molecule has 1 aromatic carbocycles. The molecule has 0 saturated heterocycles. The Labute approximate surface area is 181 Å². The van der Waals surface area contributed by atoms with Crippen LogP contribution in [0.5, 0.6) is 0 Å². The van der Waals surface area contributed by atoms with Crippen molar-refractivity contribution >= 4 is 40.6 Å². The minimum Gasteiger partial charge on any atom is -0.388 e. The zero-order valence-electron chi connectivity index (χ0n) is 16.5. The molecule has 1 heterocycles. The standard InChI is InChI=1S/C21H26Cl2N4O2/c1-2-12-27(18-8-11-24-20(23)26-18)15-6-7-17(22)16(13-15)19(28)25-14-21(29)9-4-3-5-10-21/h6-8,11,13,29H,2-5,9-10,12,14H2,1H3,(H,25,28). The van der Waals surface area contributed by atoms with Gasteiger partial charge >= 0.3 is 0 Å². The fourth-order valence-electron chi connectivity index (χ4n) is 3.66. The van der Waals surface area contributed by atoms with Crippen LogP contribution in [0.3, 0.4) is 0 Å². The summed E-state index contributed by atoms with van der Waals surface area (Å²) in [5, 5.41) is 14.0. The summed E-state index contributed by atoms with van der Waals surface area (Å²) in [6.45, 7) is 2.98. The van der Waals surface area contributed by atoms with Crippen molar-refractivity contribution in [1.82, 2.24) is 15.3 Å². The molecule has 1 aromatic heterocycles. The summed E-state index contributed by atoms with van der Waals surface area (Å²) in [7, 11) is 0. The number of hydrogen-bond donors (Lipinski definition) is 2. The molecule has 0 radical (unpaired) electrons. The van der Waals surface area contributed by atoms with Gasteiger partial charge in [0.2, 0.25) is 5.28 Å². The van der Waals surface area contributed by atoms with Crippen molar-refractivity contribution in [2.45, 2.75) is 51.0 Å². The van der Waals surface area contributed by atoms with Crippen molar-refractivity contribution in [1.29, 1.82) is 0 Å². The Kier molecular flexibility index (Phi) is 7.33. The topological polar surface area (TPSA) is 78.4 Å². The lowest BCUT2D eigenvalue weighted by Crippen LogP contribution is -2.44. The Morgan fingerprint density at radius 1 is 1.24 bits per heavy atom. The molecule has 2 aromatic rings. The molecule has 1 saturated carbocycles. The third-order valence-corrected chi connectivity index (χ3v) is 5.72. The predicted octanol–water partition coefficient (Wildman–Crippen LogP) is 4.76. The van der Waals surface area contributed by atoms with Gasteiger partial charge in [0.05, 0.1) is 16.2 Å². The molecule has 6 nitrogen and oxygen atoms in total. The SMILES string of the molecule is CCCN(c1ccc(Cl)c(C(=O)NCC2(O)CCCCC2)c1)c1ccnc(Cl)n1. The molecular formula is C21H26Cl2N4O2. The number of aliphatic hydroxyl groups is 1. The van der Waals surface area contributed by atoms with Gasteiger partial charge in [-0.2, -0.15) is 0 Å². The minimum atomic E-state index is -0.829. The van der Waals surface area contributed by atoms with E-state index in [4.69, 9.17) is 23.2 Å². The van der Waals surface area contributed by atoms with Gasteiger partial charge in [-0.15, -0.1) is 0 Å². The zero-order valence-corrected chi connectivity index (χ0v) is 18.0. The van der Waals surface area contributed by atoms with Crippen LogP contribution in [-0.2, 0) is 0 Å². The number of anilines is 2. The summed E-state index contributed by atoms with van der Waals surface area (Å²) < 4.78 is 0. The van der Waals surface area contributed by atoms with Gasteiger partial charge < -0.3 is 15.3 Å². The highest BCUT2D eigenvalue weighted by atomic mass is 35.5. The number of rotatable bonds is 7. The van der Waals surface area contributed by atoms with Crippen LogP contribution in [0.1, 0.15) is 55.8 Å². The van der Waals surface area contributed by atoms with Gasteiger partial charge in [0, 0.05) is 25.0 Å². The molecule has 1 fully saturated rings. The van der Waals surface area contributed by atoms with Crippen LogP contribution in [-0.4, -0.2) is 39.7 Å². The van der Waals surface area contributed by atoms with E-state index in [-0.39, 0.29) is 17.7 Å².